The Morgan fingerprint density at radius 3 is 2.86 bits per heavy atom. The summed E-state index contributed by atoms with van der Waals surface area (Å²) in [4.78, 5) is 25.9. The predicted octanol–water partition coefficient (Wildman–Crippen LogP) is 4.30. The zero-order valence-electron chi connectivity index (χ0n) is 17.1. The van der Waals surface area contributed by atoms with Gasteiger partial charge in [0.2, 0.25) is 11.9 Å². The average molecular weight is 390 g/mol. The number of rotatable bonds is 3. The van der Waals surface area contributed by atoms with Gasteiger partial charge in [-0.15, -0.1) is 0 Å². The summed E-state index contributed by atoms with van der Waals surface area (Å²) in [7, 11) is 1.82. The van der Waals surface area contributed by atoms with Gasteiger partial charge in [0.25, 0.3) is 0 Å². The smallest absolute Gasteiger partial charge is 0.229 e. The zero-order valence-corrected chi connectivity index (χ0v) is 17.1. The molecule has 150 valence electrons. The Labute approximate surface area is 171 Å². The van der Waals surface area contributed by atoms with E-state index in [0.717, 1.165) is 30.2 Å². The number of nitrogens with zero attached hydrogens (tertiary/aromatic N) is 4. The van der Waals surface area contributed by atoms with Gasteiger partial charge in [0, 0.05) is 31.7 Å². The van der Waals surface area contributed by atoms with Crippen LogP contribution in [0.15, 0.2) is 30.0 Å². The minimum Gasteiger partial charge on any atom is -0.351 e. The summed E-state index contributed by atoms with van der Waals surface area (Å²) in [5, 5.41) is 3.37. The summed E-state index contributed by atoms with van der Waals surface area (Å²) in [6.07, 6.45) is 10.4. The zero-order chi connectivity index (χ0) is 20.0. The number of hydrogen-bond acceptors (Lipinski definition) is 5. The maximum Gasteiger partial charge on any atom is 0.229 e. The largest absolute Gasteiger partial charge is 0.351 e. The van der Waals surface area contributed by atoms with Crippen LogP contribution < -0.4 is 15.1 Å². The van der Waals surface area contributed by atoms with Gasteiger partial charge in [0.1, 0.15) is 5.69 Å². The van der Waals surface area contributed by atoms with Crippen LogP contribution in [0.5, 0.6) is 0 Å². The molecule has 0 atom stereocenters. The molecule has 1 amide bonds. The Bertz CT molecular complexity index is 993. The second-order valence-corrected chi connectivity index (χ2v) is 8.44. The summed E-state index contributed by atoms with van der Waals surface area (Å²) in [6.45, 7) is 2.89. The van der Waals surface area contributed by atoms with Crippen molar-refractivity contribution >= 4 is 35.1 Å². The Balaban J connectivity index is 1.48. The first-order chi connectivity index (χ1) is 14.1. The number of aromatic nitrogens is 2. The molecule has 0 spiro atoms. The van der Waals surface area contributed by atoms with Crippen LogP contribution in [-0.2, 0) is 11.2 Å². The van der Waals surface area contributed by atoms with Crippen molar-refractivity contribution in [3.63, 3.8) is 0 Å². The fourth-order valence-corrected chi connectivity index (χ4v) is 4.78. The maximum atomic E-state index is 12.5. The van der Waals surface area contributed by atoms with Crippen molar-refractivity contribution in [2.24, 2.45) is 0 Å². The molecule has 1 aromatic heterocycles. The number of hydrogen-bond donors (Lipinski definition) is 1. The number of carbonyl (C=O) groups excluding carboxylic acids is 1. The van der Waals surface area contributed by atoms with E-state index in [4.69, 9.17) is 4.98 Å². The molecule has 5 rings (SSSR count). The molecule has 2 heterocycles. The fraction of sp³-hybridized carbons (Fsp3) is 0.435. The highest BCUT2D eigenvalue weighted by Gasteiger charge is 2.31. The summed E-state index contributed by atoms with van der Waals surface area (Å²) < 4.78 is 0. The molecule has 6 heteroatoms. The van der Waals surface area contributed by atoms with E-state index < -0.39 is 0 Å². The molecule has 29 heavy (non-hydrogen) atoms. The van der Waals surface area contributed by atoms with E-state index in [-0.39, 0.29) is 5.91 Å². The lowest BCUT2D eigenvalue weighted by Crippen LogP contribution is -2.34. The number of anilines is 4. The lowest BCUT2D eigenvalue weighted by molar-refractivity contribution is -0.118. The van der Waals surface area contributed by atoms with Crippen LogP contribution in [0.3, 0.4) is 0 Å². The molecule has 0 radical (unpaired) electrons. The molecule has 2 aromatic rings. The molecule has 3 aliphatic rings. The van der Waals surface area contributed by atoms with Gasteiger partial charge >= 0.3 is 0 Å². The summed E-state index contributed by atoms with van der Waals surface area (Å²) in [5.74, 6) is 1.57. The molecule has 1 aliphatic heterocycles. The van der Waals surface area contributed by atoms with Gasteiger partial charge < -0.3 is 15.1 Å². The third-order valence-electron chi connectivity index (χ3n) is 6.36. The topological polar surface area (TPSA) is 61.4 Å². The van der Waals surface area contributed by atoms with Gasteiger partial charge in [-0.3, -0.25) is 4.79 Å². The Kier molecular flexibility index (Phi) is 4.49. The minimum absolute atomic E-state index is 0.122. The maximum absolute atomic E-state index is 12.5. The van der Waals surface area contributed by atoms with Crippen LogP contribution in [-0.4, -0.2) is 35.5 Å². The Morgan fingerprint density at radius 1 is 1.21 bits per heavy atom. The molecule has 1 aromatic carbocycles. The average Bonchev–Trinajstić information content (AvgIpc) is 3.34. The van der Waals surface area contributed by atoms with Crippen molar-refractivity contribution < 1.29 is 4.79 Å². The van der Waals surface area contributed by atoms with Crippen molar-refractivity contribution in [2.75, 3.05) is 28.7 Å². The van der Waals surface area contributed by atoms with Crippen LogP contribution >= 0.6 is 0 Å². The monoisotopic (exact) mass is 389 g/mol. The van der Waals surface area contributed by atoms with E-state index in [0.29, 0.717) is 18.4 Å². The van der Waals surface area contributed by atoms with Gasteiger partial charge in [-0.2, -0.15) is 4.98 Å². The number of amides is 1. The molecule has 0 bridgehead atoms. The lowest BCUT2D eigenvalue weighted by Gasteiger charge is -2.30. The van der Waals surface area contributed by atoms with E-state index in [9.17, 15) is 4.79 Å². The van der Waals surface area contributed by atoms with Gasteiger partial charge in [0.15, 0.2) is 5.82 Å². The number of benzene rings is 1. The molecule has 1 saturated carbocycles. The molecule has 1 fully saturated rings. The van der Waals surface area contributed by atoms with Crippen LogP contribution in [0.4, 0.5) is 23.1 Å². The standard InChI is InChI=1S/C23H27N5O/c1-15-11-16-7-8-18(13-17(16)12-15)25-23-24-14-20-22(26-23)28(19-5-3-4-6-19)10-9-21(29)27(20)2/h7-8,12-14,19H,3-6,9-11H2,1-2H3,(H,24,25,26). The Hall–Kier alpha value is -2.89. The number of fused-ring (bicyclic) bond motifs is 2. The van der Waals surface area contributed by atoms with Crippen LogP contribution in [0.25, 0.3) is 6.08 Å². The van der Waals surface area contributed by atoms with E-state index in [1.165, 1.54) is 42.4 Å². The molecule has 2 aliphatic carbocycles. The van der Waals surface area contributed by atoms with E-state index in [1.54, 1.807) is 11.1 Å². The highest BCUT2D eigenvalue weighted by atomic mass is 16.2. The molecule has 1 N–H and O–H groups in total. The highest BCUT2D eigenvalue weighted by molar-refractivity contribution is 5.97. The molecular weight excluding hydrogens is 362 g/mol. The molecule has 6 nitrogen and oxygen atoms in total. The lowest BCUT2D eigenvalue weighted by atomic mass is 10.1. The molecular formula is C23H27N5O. The van der Waals surface area contributed by atoms with Crippen molar-refractivity contribution in [3.05, 3.63) is 41.1 Å². The normalized spacial score (nSPS) is 19.1. The van der Waals surface area contributed by atoms with Gasteiger partial charge in [0.05, 0.1) is 6.20 Å². The van der Waals surface area contributed by atoms with Crippen molar-refractivity contribution in [1.29, 1.82) is 0 Å². The first-order valence-corrected chi connectivity index (χ1v) is 10.6. The SMILES string of the molecule is CC1=Cc2cc(Nc3ncc4c(n3)N(C3CCCC3)CCC(=O)N4C)ccc2C1. The van der Waals surface area contributed by atoms with Crippen molar-refractivity contribution in [3.8, 4) is 0 Å². The Morgan fingerprint density at radius 2 is 2.03 bits per heavy atom. The third-order valence-corrected chi connectivity index (χ3v) is 6.36. The highest BCUT2D eigenvalue weighted by Crippen LogP contribution is 2.36. The second-order valence-electron chi connectivity index (χ2n) is 8.44. The first kappa shape index (κ1) is 18.2. The van der Waals surface area contributed by atoms with Gasteiger partial charge in [-0.25, -0.2) is 4.98 Å². The van der Waals surface area contributed by atoms with Crippen LogP contribution in [0, 0.1) is 0 Å². The number of nitrogens with one attached hydrogen (secondary N) is 1. The third kappa shape index (κ3) is 3.37. The second kappa shape index (κ2) is 7.17. The predicted molar refractivity (Wildman–Crippen MR) is 117 cm³/mol. The summed E-state index contributed by atoms with van der Waals surface area (Å²) in [6, 6.07) is 6.88. The summed E-state index contributed by atoms with van der Waals surface area (Å²) >= 11 is 0. The number of carbonyl (C=O) groups is 1. The van der Waals surface area contributed by atoms with Crippen molar-refractivity contribution in [2.45, 2.75) is 51.5 Å². The van der Waals surface area contributed by atoms with Crippen LogP contribution in [0.1, 0.15) is 50.2 Å². The molecule has 0 unspecified atom stereocenters. The van der Waals surface area contributed by atoms with Crippen molar-refractivity contribution in [1.82, 2.24) is 9.97 Å². The summed E-state index contributed by atoms with van der Waals surface area (Å²) in [5.41, 5.74) is 5.81. The van der Waals surface area contributed by atoms with Crippen LogP contribution in [0.2, 0.25) is 0 Å². The fourth-order valence-electron chi connectivity index (χ4n) is 4.78. The van der Waals surface area contributed by atoms with Gasteiger partial charge in [-0.05, 0) is 49.4 Å². The van der Waals surface area contributed by atoms with E-state index in [2.05, 4.69) is 46.4 Å². The minimum atomic E-state index is 0.122. The number of allylic oxidation sites excluding steroid dienone is 1. The molecule has 0 saturated heterocycles. The van der Waals surface area contributed by atoms with E-state index >= 15 is 0 Å². The quantitative estimate of drug-likeness (QED) is 0.848. The van der Waals surface area contributed by atoms with Gasteiger partial charge in [-0.1, -0.05) is 30.6 Å². The first-order valence-electron chi connectivity index (χ1n) is 10.6. The van der Waals surface area contributed by atoms with E-state index in [1.807, 2.05) is 7.05 Å².